The lowest BCUT2D eigenvalue weighted by molar-refractivity contribution is 0.411. The second-order valence-corrected chi connectivity index (χ2v) is 4.75. The second-order valence-electron chi connectivity index (χ2n) is 4.75. The molecule has 0 amide bonds. The van der Waals surface area contributed by atoms with Crippen LogP contribution >= 0.6 is 0 Å². The highest BCUT2D eigenvalue weighted by atomic mass is 16.5. The van der Waals surface area contributed by atoms with Crippen LogP contribution in [0.25, 0.3) is 11.3 Å². The van der Waals surface area contributed by atoms with Crippen molar-refractivity contribution in [3.63, 3.8) is 0 Å². The van der Waals surface area contributed by atoms with Gasteiger partial charge in [-0.1, -0.05) is 0 Å². The SMILES string of the molecule is CNCc1ncn(C)c1-c1ccc(OC)c(C)c1C. The molecule has 2 rings (SSSR count). The number of aryl methyl sites for hydroxylation is 1. The van der Waals surface area contributed by atoms with E-state index in [0.717, 1.165) is 23.7 Å². The molecule has 102 valence electrons. The summed E-state index contributed by atoms with van der Waals surface area (Å²) in [5.41, 5.74) is 5.86. The summed E-state index contributed by atoms with van der Waals surface area (Å²) in [5, 5.41) is 3.16. The van der Waals surface area contributed by atoms with Crippen LogP contribution in [0.2, 0.25) is 0 Å². The van der Waals surface area contributed by atoms with Crippen LogP contribution in [0.4, 0.5) is 0 Å². The number of benzene rings is 1. The maximum absolute atomic E-state index is 5.37. The third kappa shape index (κ3) is 2.36. The van der Waals surface area contributed by atoms with Crippen molar-refractivity contribution in [1.82, 2.24) is 14.9 Å². The van der Waals surface area contributed by atoms with Crippen molar-refractivity contribution in [2.75, 3.05) is 14.2 Å². The van der Waals surface area contributed by atoms with Crippen LogP contribution in [0.5, 0.6) is 5.75 Å². The average Bonchev–Trinajstić information content (AvgIpc) is 2.75. The van der Waals surface area contributed by atoms with E-state index in [0.29, 0.717) is 0 Å². The monoisotopic (exact) mass is 259 g/mol. The Balaban J connectivity index is 2.59. The Morgan fingerprint density at radius 2 is 2.00 bits per heavy atom. The normalized spacial score (nSPS) is 10.8. The van der Waals surface area contributed by atoms with E-state index in [1.807, 2.05) is 26.5 Å². The second kappa shape index (κ2) is 5.45. The Kier molecular flexibility index (Phi) is 3.90. The molecule has 1 N–H and O–H groups in total. The fraction of sp³-hybridized carbons (Fsp3) is 0.400. The molecule has 4 heteroatoms. The van der Waals surface area contributed by atoms with Crippen molar-refractivity contribution in [1.29, 1.82) is 0 Å². The van der Waals surface area contributed by atoms with Gasteiger partial charge in [0.25, 0.3) is 0 Å². The molecule has 0 saturated heterocycles. The fourth-order valence-corrected chi connectivity index (χ4v) is 2.39. The van der Waals surface area contributed by atoms with Gasteiger partial charge >= 0.3 is 0 Å². The summed E-state index contributed by atoms with van der Waals surface area (Å²) < 4.78 is 7.44. The van der Waals surface area contributed by atoms with Crippen LogP contribution in [0.3, 0.4) is 0 Å². The van der Waals surface area contributed by atoms with E-state index in [9.17, 15) is 0 Å². The van der Waals surface area contributed by atoms with Gasteiger partial charge in [0, 0.05) is 19.2 Å². The van der Waals surface area contributed by atoms with Gasteiger partial charge in [0.05, 0.1) is 24.8 Å². The molecule has 0 unspecified atom stereocenters. The molecule has 0 radical (unpaired) electrons. The van der Waals surface area contributed by atoms with Crippen molar-refractivity contribution in [3.8, 4) is 17.0 Å². The van der Waals surface area contributed by atoms with E-state index in [1.54, 1.807) is 7.11 Å². The molecule has 1 aromatic carbocycles. The van der Waals surface area contributed by atoms with Crippen molar-refractivity contribution >= 4 is 0 Å². The molecular weight excluding hydrogens is 238 g/mol. The van der Waals surface area contributed by atoms with Crippen LogP contribution < -0.4 is 10.1 Å². The molecule has 19 heavy (non-hydrogen) atoms. The minimum Gasteiger partial charge on any atom is -0.496 e. The lowest BCUT2D eigenvalue weighted by Gasteiger charge is -2.14. The number of aromatic nitrogens is 2. The number of methoxy groups -OCH3 is 1. The van der Waals surface area contributed by atoms with Crippen molar-refractivity contribution in [2.45, 2.75) is 20.4 Å². The summed E-state index contributed by atoms with van der Waals surface area (Å²) in [4.78, 5) is 4.46. The number of ether oxygens (including phenoxy) is 1. The summed E-state index contributed by atoms with van der Waals surface area (Å²) in [7, 11) is 5.67. The Bertz CT molecular complexity index is 587. The van der Waals surface area contributed by atoms with Gasteiger partial charge in [-0.05, 0) is 44.2 Å². The first kappa shape index (κ1) is 13.6. The first-order valence-electron chi connectivity index (χ1n) is 6.39. The van der Waals surface area contributed by atoms with Crippen LogP contribution in [-0.4, -0.2) is 23.7 Å². The number of rotatable bonds is 4. The maximum atomic E-state index is 5.37. The zero-order chi connectivity index (χ0) is 14.0. The van der Waals surface area contributed by atoms with Gasteiger partial charge in [-0.3, -0.25) is 0 Å². The van der Waals surface area contributed by atoms with Crippen LogP contribution in [0, 0.1) is 13.8 Å². The van der Waals surface area contributed by atoms with Crippen molar-refractivity contribution in [3.05, 3.63) is 35.3 Å². The van der Waals surface area contributed by atoms with E-state index in [-0.39, 0.29) is 0 Å². The number of hydrogen-bond acceptors (Lipinski definition) is 3. The highest BCUT2D eigenvalue weighted by Gasteiger charge is 2.15. The minimum absolute atomic E-state index is 0.765. The molecule has 4 nitrogen and oxygen atoms in total. The molecule has 0 fully saturated rings. The van der Waals surface area contributed by atoms with Gasteiger partial charge in [-0.15, -0.1) is 0 Å². The van der Waals surface area contributed by atoms with Gasteiger partial charge in [-0.2, -0.15) is 0 Å². The van der Waals surface area contributed by atoms with E-state index in [1.165, 1.54) is 16.7 Å². The van der Waals surface area contributed by atoms with Crippen molar-refractivity contribution in [2.24, 2.45) is 7.05 Å². The van der Waals surface area contributed by atoms with E-state index in [2.05, 4.69) is 34.8 Å². The maximum Gasteiger partial charge on any atom is 0.122 e. The molecule has 1 aromatic heterocycles. The molecule has 0 atom stereocenters. The molecule has 0 aliphatic carbocycles. The van der Waals surface area contributed by atoms with Gasteiger partial charge in [0.2, 0.25) is 0 Å². The van der Waals surface area contributed by atoms with Crippen molar-refractivity contribution < 1.29 is 4.74 Å². The summed E-state index contributed by atoms with van der Waals surface area (Å²) in [6, 6.07) is 4.13. The zero-order valence-corrected chi connectivity index (χ0v) is 12.2. The molecule has 0 spiro atoms. The third-order valence-corrected chi connectivity index (χ3v) is 3.57. The lowest BCUT2D eigenvalue weighted by atomic mass is 9.98. The topological polar surface area (TPSA) is 39.1 Å². The lowest BCUT2D eigenvalue weighted by Crippen LogP contribution is -2.08. The summed E-state index contributed by atoms with van der Waals surface area (Å²) >= 11 is 0. The highest BCUT2D eigenvalue weighted by molar-refractivity contribution is 5.69. The fourth-order valence-electron chi connectivity index (χ4n) is 2.39. The highest BCUT2D eigenvalue weighted by Crippen LogP contribution is 2.32. The van der Waals surface area contributed by atoms with Gasteiger partial charge in [0.1, 0.15) is 5.75 Å². The number of imidazole rings is 1. The van der Waals surface area contributed by atoms with Crippen LogP contribution in [0.1, 0.15) is 16.8 Å². The number of hydrogen-bond donors (Lipinski definition) is 1. The molecule has 1 heterocycles. The summed E-state index contributed by atoms with van der Waals surface area (Å²) in [6.07, 6.45) is 1.86. The molecule has 2 aromatic rings. The zero-order valence-electron chi connectivity index (χ0n) is 12.2. The molecule has 0 aliphatic rings. The van der Waals surface area contributed by atoms with Crippen LogP contribution in [0.15, 0.2) is 18.5 Å². The molecular formula is C15H21N3O. The standard InChI is InChI=1S/C15H21N3O/c1-10-11(2)14(19-5)7-6-12(10)15-13(8-16-3)17-9-18(15)4/h6-7,9,16H,8H2,1-5H3. The Morgan fingerprint density at radius 3 is 2.63 bits per heavy atom. The molecule has 0 aliphatic heterocycles. The smallest absolute Gasteiger partial charge is 0.122 e. The van der Waals surface area contributed by atoms with E-state index >= 15 is 0 Å². The predicted octanol–water partition coefficient (Wildman–Crippen LogP) is 2.43. The first-order valence-corrected chi connectivity index (χ1v) is 6.39. The van der Waals surface area contributed by atoms with Gasteiger partial charge < -0.3 is 14.6 Å². The van der Waals surface area contributed by atoms with E-state index in [4.69, 9.17) is 4.74 Å². The summed E-state index contributed by atoms with van der Waals surface area (Å²) in [5.74, 6) is 0.929. The quantitative estimate of drug-likeness (QED) is 0.916. The Labute approximate surface area is 114 Å². The number of nitrogens with zero attached hydrogens (tertiary/aromatic N) is 2. The average molecular weight is 259 g/mol. The molecule has 0 bridgehead atoms. The Hall–Kier alpha value is -1.81. The Morgan fingerprint density at radius 1 is 1.26 bits per heavy atom. The predicted molar refractivity (Wildman–Crippen MR) is 77.4 cm³/mol. The first-order chi connectivity index (χ1) is 9.10. The van der Waals surface area contributed by atoms with Gasteiger partial charge in [0.15, 0.2) is 0 Å². The number of nitrogens with one attached hydrogen (secondary N) is 1. The summed E-state index contributed by atoms with van der Waals surface area (Å²) in [6.45, 7) is 4.98. The van der Waals surface area contributed by atoms with E-state index < -0.39 is 0 Å². The van der Waals surface area contributed by atoms with Gasteiger partial charge in [-0.25, -0.2) is 4.98 Å². The minimum atomic E-state index is 0.765. The van der Waals surface area contributed by atoms with Crippen LogP contribution in [-0.2, 0) is 13.6 Å². The third-order valence-electron chi connectivity index (χ3n) is 3.57. The molecule has 0 saturated carbocycles. The largest absolute Gasteiger partial charge is 0.496 e.